The second-order valence-corrected chi connectivity index (χ2v) is 4.88. The summed E-state index contributed by atoms with van der Waals surface area (Å²) in [7, 11) is 0. The largest absolute Gasteiger partial charge is 0.488 e. The van der Waals surface area contributed by atoms with Crippen LogP contribution in [0.5, 0.6) is 5.75 Å². The molecule has 0 radical (unpaired) electrons. The Morgan fingerprint density at radius 3 is 2.79 bits per heavy atom. The normalized spacial score (nSPS) is 11.1. The van der Waals surface area contributed by atoms with Gasteiger partial charge in [0.2, 0.25) is 0 Å². The molecule has 0 bridgehead atoms. The second kappa shape index (κ2) is 6.38. The Morgan fingerprint density at radius 2 is 2.00 bits per heavy atom. The van der Waals surface area contributed by atoms with Crippen LogP contribution in [0, 0.1) is 5.92 Å². The fraction of sp³-hybridized carbons (Fsp3) is 0.400. The van der Waals surface area contributed by atoms with Crippen molar-refractivity contribution in [3.8, 4) is 5.75 Å². The lowest BCUT2D eigenvalue weighted by atomic mass is 10.2. The molecule has 2 N–H and O–H groups in total. The van der Waals surface area contributed by atoms with Gasteiger partial charge in [-0.15, -0.1) is 0 Å². The Morgan fingerprint density at radius 1 is 1.21 bits per heavy atom. The van der Waals surface area contributed by atoms with E-state index in [9.17, 15) is 0 Å². The number of hydrogen-bond acceptors (Lipinski definition) is 4. The molecule has 0 atom stereocenters. The monoisotopic (exact) mass is 260 g/mol. The van der Waals surface area contributed by atoms with Gasteiger partial charge in [-0.05, 0) is 18.1 Å². The lowest BCUT2D eigenvalue weighted by Gasteiger charge is -2.12. The van der Waals surface area contributed by atoms with E-state index in [0.29, 0.717) is 30.6 Å². The van der Waals surface area contributed by atoms with E-state index in [4.69, 9.17) is 15.2 Å². The molecular formula is C15H20N2O2. The van der Waals surface area contributed by atoms with E-state index in [0.717, 1.165) is 17.5 Å². The van der Waals surface area contributed by atoms with Crippen molar-refractivity contribution in [1.29, 1.82) is 0 Å². The third kappa shape index (κ3) is 3.58. The Labute approximate surface area is 113 Å². The number of rotatable bonds is 6. The molecule has 0 saturated carbocycles. The number of ether oxygens (including phenoxy) is 2. The van der Waals surface area contributed by atoms with Crippen LogP contribution in [0.15, 0.2) is 30.5 Å². The molecule has 0 aliphatic rings. The Bertz CT molecular complexity index is 541. The molecule has 1 aromatic carbocycles. The second-order valence-electron chi connectivity index (χ2n) is 4.88. The first-order valence-corrected chi connectivity index (χ1v) is 6.52. The zero-order valence-corrected chi connectivity index (χ0v) is 11.4. The summed E-state index contributed by atoms with van der Waals surface area (Å²) in [6, 6.07) is 7.80. The highest BCUT2D eigenvalue weighted by molar-refractivity contribution is 5.89. The highest BCUT2D eigenvalue weighted by Gasteiger charge is 2.07. The molecule has 1 aromatic heterocycles. The van der Waals surface area contributed by atoms with Crippen molar-refractivity contribution < 1.29 is 9.47 Å². The average Bonchev–Trinajstić information content (AvgIpc) is 2.40. The van der Waals surface area contributed by atoms with Crippen LogP contribution in [0.1, 0.15) is 13.8 Å². The summed E-state index contributed by atoms with van der Waals surface area (Å²) in [5, 5.41) is 0.936. The van der Waals surface area contributed by atoms with E-state index in [1.807, 2.05) is 24.3 Å². The number of nitrogens with two attached hydrogens (primary N) is 1. The molecule has 0 aliphatic heterocycles. The van der Waals surface area contributed by atoms with Crippen molar-refractivity contribution in [2.75, 3.05) is 25.6 Å². The lowest BCUT2D eigenvalue weighted by molar-refractivity contribution is 0.0825. The van der Waals surface area contributed by atoms with E-state index in [-0.39, 0.29) is 0 Å². The van der Waals surface area contributed by atoms with E-state index >= 15 is 0 Å². The van der Waals surface area contributed by atoms with Crippen LogP contribution in [0.4, 0.5) is 5.69 Å². The van der Waals surface area contributed by atoms with Gasteiger partial charge in [0.05, 0.1) is 24.0 Å². The number of pyridine rings is 1. The molecule has 2 rings (SSSR count). The molecule has 0 fully saturated rings. The van der Waals surface area contributed by atoms with Gasteiger partial charge in [0.15, 0.2) is 5.75 Å². The first-order valence-electron chi connectivity index (χ1n) is 6.52. The summed E-state index contributed by atoms with van der Waals surface area (Å²) >= 11 is 0. The SMILES string of the molecule is CC(C)COCCOc1c(N)cnc2ccccc12. The molecule has 102 valence electrons. The third-order valence-electron chi connectivity index (χ3n) is 2.68. The zero-order chi connectivity index (χ0) is 13.7. The van der Waals surface area contributed by atoms with Crippen molar-refractivity contribution >= 4 is 16.6 Å². The highest BCUT2D eigenvalue weighted by atomic mass is 16.5. The van der Waals surface area contributed by atoms with Crippen molar-refractivity contribution in [1.82, 2.24) is 4.98 Å². The predicted molar refractivity (Wildman–Crippen MR) is 77.3 cm³/mol. The lowest BCUT2D eigenvalue weighted by Crippen LogP contribution is -2.11. The standard InChI is InChI=1S/C15H20N2O2/c1-11(2)10-18-7-8-19-15-12-5-3-4-6-14(12)17-9-13(15)16/h3-6,9,11H,7-8,10,16H2,1-2H3. The van der Waals surface area contributed by atoms with Crippen molar-refractivity contribution in [3.63, 3.8) is 0 Å². The highest BCUT2D eigenvalue weighted by Crippen LogP contribution is 2.29. The molecular weight excluding hydrogens is 240 g/mol. The summed E-state index contributed by atoms with van der Waals surface area (Å²) in [5.41, 5.74) is 7.36. The minimum atomic E-state index is 0.491. The van der Waals surface area contributed by atoms with Gasteiger partial charge in [-0.1, -0.05) is 26.0 Å². The molecule has 19 heavy (non-hydrogen) atoms. The van der Waals surface area contributed by atoms with E-state index in [1.165, 1.54) is 0 Å². The number of para-hydroxylation sites is 1. The maximum atomic E-state index is 5.92. The van der Waals surface area contributed by atoms with Gasteiger partial charge >= 0.3 is 0 Å². The minimum absolute atomic E-state index is 0.491. The van der Waals surface area contributed by atoms with Gasteiger partial charge in [0.1, 0.15) is 6.61 Å². The summed E-state index contributed by atoms with van der Waals surface area (Å²) in [4.78, 5) is 4.27. The Kier molecular flexibility index (Phi) is 4.58. The van der Waals surface area contributed by atoms with Gasteiger partial charge < -0.3 is 15.2 Å². The number of benzene rings is 1. The number of fused-ring (bicyclic) bond motifs is 1. The van der Waals surface area contributed by atoms with Crippen molar-refractivity contribution in [2.45, 2.75) is 13.8 Å². The molecule has 2 aromatic rings. The van der Waals surface area contributed by atoms with Crippen LogP contribution >= 0.6 is 0 Å². The number of nitrogen functional groups attached to an aromatic ring is 1. The maximum Gasteiger partial charge on any atom is 0.153 e. The molecule has 0 saturated heterocycles. The fourth-order valence-electron chi connectivity index (χ4n) is 1.81. The van der Waals surface area contributed by atoms with Crippen LogP contribution in [-0.2, 0) is 4.74 Å². The summed E-state index contributed by atoms with van der Waals surface area (Å²) in [6.45, 7) is 6.04. The Balaban J connectivity index is 2.01. The van der Waals surface area contributed by atoms with Crippen LogP contribution in [0.25, 0.3) is 10.9 Å². The molecule has 4 nitrogen and oxygen atoms in total. The Hall–Kier alpha value is -1.81. The maximum absolute atomic E-state index is 5.92. The van der Waals surface area contributed by atoms with E-state index in [1.54, 1.807) is 6.20 Å². The van der Waals surface area contributed by atoms with Gasteiger partial charge in [0.25, 0.3) is 0 Å². The van der Waals surface area contributed by atoms with Crippen LogP contribution in [0.2, 0.25) is 0 Å². The fourth-order valence-corrected chi connectivity index (χ4v) is 1.81. The zero-order valence-electron chi connectivity index (χ0n) is 11.4. The molecule has 0 amide bonds. The predicted octanol–water partition coefficient (Wildman–Crippen LogP) is 2.87. The van der Waals surface area contributed by atoms with E-state index in [2.05, 4.69) is 18.8 Å². The van der Waals surface area contributed by atoms with Gasteiger partial charge in [-0.25, -0.2) is 0 Å². The number of anilines is 1. The first-order chi connectivity index (χ1) is 9.18. The van der Waals surface area contributed by atoms with Crippen LogP contribution < -0.4 is 10.5 Å². The number of nitrogens with zero attached hydrogens (tertiary/aromatic N) is 1. The first kappa shape index (κ1) is 13.6. The quantitative estimate of drug-likeness (QED) is 0.811. The minimum Gasteiger partial charge on any atom is -0.488 e. The summed E-state index contributed by atoms with van der Waals surface area (Å²) < 4.78 is 11.2. The molecule has 4 heteroatoms. The molecule has 0 aliphatic carbocycles. The summed E-state index contributed by atoms with van der Waals surface area (Å²) in [6.07, 6.45) is 1.63. The van der Waals surface area contributed by atoms with Crippen molar-refractivity contribution in [2.24, 2.45) is 5.92 Å². The van der Waals surface area contributed by atoms with E-state index < -0.39 is 0 Å². The number of aromatic nitrogens is 1. The third-order valence-corrected chi connectivity index (χ3v) is 2.68. The number of hydrogen-bond donors (Lipinski definition) is 1. The van der Waals surface area contributed by atoms with Gasteiger partial charge in [-0.3, -0.25) is 4.98 Å². The summed E-state index contributed by atoms with van der Waals surface area (Å²) in [5.74, 6) is 1.23. The molecule has 1 heterocycles. The van der Waals surface area contributed by atoms with Crippen LogP contribution in [-0.4, -0.2) is 24.8 Å². The van der Waals surface area contributed by atoms with Crippen LogP contribution in [0.3, 0.4) is 0 Å². The molecule has 0 unspecified atom stereocenters. The van der Waals surface area contributed by atoms with Gasteiger partial charge in [0, 0.05) is 12.0 Å². The van der Waals surface area contributed by atoms with Gasteiger partial charge in [-0.2, -0.15) is 0 Å². The topological polar surface area (TPSA) is 57.4 Å². The molecule has 0 spiro atoms. The average molecular weight is 260 g/mol. The smallest absolute Gasteiger partial charge is 0.153 e. The van der Waals surface area contributed by atoms with Crippen molar-refractivity contribution in [3.05, 3.63) is 30.5 Å².